The molecule has 53 heavy (non-hydrogen) atoms. The summed E-state index contributed by atoms with van der Waals surface area (Å²) in [4.78, 5) is 76.8. The number of hydrogen-bond donors (Lipinski definition) is 3. The van der Waals surface area contributed by atoms with Crippen molar-refractivity contribution in [3.63, 3.8) is 0 Å². The number of benzene rings is 1. The molecule has 7 rings (SSSR count). The maximum absolute atomic E-state index is 14.1. The number of piperidine rings is 1. The van der Waals surface area contributed by atoms with Crippen LogP contribution in [0.3, 0.4) is 0 Å². The number of aromatic hydroxyl groups is 2. The number of nitrogens with zero attached hydrogens (tertiary/aromatic N) is 5. The minimum atomic E-state index is -1.89. The van der Waals surface area contributed by atoms with Crippen molar-refractivity contribution in [1.82, 2.24) is 14.8 Å². The second-order valence-electron chi connectivity index (χ2n) is 13.9. The van der Waals surface area contributed by atoms with Crippen LogP contribution < -0.4 is 45.5 Å². The minimum Gasteiger partial charge on any atom is -0.546 e. The SMILES string of the molecule is C[C@@H]1S[C@@H]2[C@H](CC(=O)/C(=N\OC(C)(C)C(=O)[O-])c3csc(N)n3)C(=O)N2C(C(=O)[O-])=C1C[N+]12CCC(CC1)N(C(=O)c1cc(O)c(O)c(F)c1)CC2.[Na+]. The van der Waals surface area contributed by atoms with Crippen molar-refractivity contribution in [1.29, 1.82) is 0 Å². The molecule has 1 aromatic heterocycles. The first-order valence-corrected chi connectivity index (χ1v) is 18.3. The Morgan fingerprint density at radius 3 is 2.43 bits per heavy atom. The van der Waals surface area contributed by atoms with Crippen molar-refractivity contribution in [3.05, 3.63) is 45.9 Å². The number of phenols is 2. The monoisotopic (exact) mass is 782 g/mol. The van der Waals surface area contributed by atoms with Crippen molar-refractivity contribution in [3.8, 4) is 11.5 Å². The molecular formula is C33H36FN6NaO10S2. The summed E-state index contributed by atoms with van der Waals surface area (Å²) >= 11 is 2.35. The number of phenolic OH excluding ortho intramolecular Hbond substituents is 2. The summed E-state index contributed by atoms with van der Waals surface area (Å²) in [6.45, 7) is 6.41. The normalized spacial score (nSPS) is 25.6. The number of hydrogen-bond acceptors (Lipinski definition) is 15. The molecule has 4 saturated heterocycles. The average Bonchev–Trinajstić information content (AvgIpc) is 3.33. The van der Waals surface area contributed by atoms with E-state index in [1.54, 1.807) is 4.90 Å². The number of rotatable bonds is 11. The number of quaternary nitrogens is 1. The van der Waals surface area contributed by atoms with Gasteiger partial charge in [0, 0.05) is 47.1 Å². The molecule has 2 aromatic rings. The van der Waals surface area contributed by atoms with Crippen molar-refractivity contribution in [2.75, 3.05) is 38.5 Å². The number of fused-ring (bicyclic) bond motifs is 5. The van der Waals surface area contributed by atoms with Crippen molar-refractivity contribution in [2.45, 2.75) is 62.3 Å². The number of anilines is 1. The Bertz CT molecular complexity index is 1910. The van der Waals surface area contributed by atoms with E-state index in [0.717, 1.165) is 28.4 Å². The number of amides is 2. The molecule has 0 aliphatic carbocycles. The van der Waals surface area contributed by atoms with E-state index >= 15 is 0 Å². The fraction of sp³-hybridized carbons (Fsp3) is 0.485. The quantitative estimate of drug-likeness (QED) is 0.0503. The number of nitrogens with two attached hydrogens (primary N) is 1. The molecule has 4 fully saturated rings. The number of Topliss-reactive ketones (excluding diaryl/α,β-unsaturated/α-hetero) is 1. The molecule has 0 unspecified atom stereocenters. The number of carbonyl (C=O) groups is 5. The molecule has 278 valence electrons. The molecule has 0 saturated carbocycles. The van der Waals surface area contributed by atoms with Gasteiger partial charge in [0.2, 0.25) is 5.91 Å². The van der Waals surface area contributed by atoms with Gasteiger partial charge in [-0.3, -0.25) is 19.3 Å². The van der Waals surface area contributed by atoms with E-state index in [2.05, 4.69) is 10.1 Å². The van der Waals surface area contributed by atoms with E-state index < -0.39 is 75.4 Å². The molecule has 0 spiro atoms. The van der Waals surface area contributed by atoms with Gasteiger partial charge in [0.25, 0.3) is 5.91 Å². The Kier molecular flexibility index (Phi) is 11.6. The zero-order chi connectivity index (χ0) is 37.9. The van der Waals surface area contributed by atoms with Crippen molar-refractivity contribution >= 4 is 63.5 Å². The fourth-order valence-corrected chi connectivity index (χ4v) is 9.24. The van der Waals surface area contributed by atoms with Crippen LogP contribution in [-0.2, 0) is 24.0 Å². The van der Waals surface area contributed by atoms with E-state index in [1.807, 2.05) is 6.92 Å². The van der Waals surface area contributed by atoms with Gasteiger partial charge in [-0.2, -0.15) is 0 Å². The topological polar surface area (TPSA) is 239 Å². The van der Waals surface area contributed by atoms with E-state index in [4.69, 9.17) is 10.6 Å². The number of oxime groups is 1. The summed E-state index contributed by atoms with van der Waals surface area (Å²) in [5.74, 6) is -8.62. The van der Waals surface area contributed by atoms with Crippen LogP contribution in [0.5, 0.6) is 11.5 Å². The summed E-state index contributed by atoms with van der Waals surface area (Å²) in [5.41, 5.74) is 3.68. The van der Waals surface area contributed by atoms with Crippen LogP contribution in [0.4, 0.5) is 9.52 Å². The van der Waals surface area contributed by atoms with E-state index in [0.29, 0.717) is 42.5 Å². The van der Waals surface area contributed by atoms with Gasteiger partial charge in [-0.15, -0.1) is 23.1 Å². The molecule has 5 aliphatic heterocycles. The largest absolute Gasteiger partial charge is 1.00 e. The fourth-order valence-electron chi connectivity index (χ4n) is 7.19. The first-order chi connectivity index (χ1) is 24.4. The molecule has 4 N–H and O–H groups in total. The second-order valence-corrected chi connectivity index (χ2v) is 16.3. The first-order valence-electron chi connectivity index (χ1n) is 16.5. The maximum Gasteiger partial charge on any atom is 1.00 e. The second kappa shape index (κ2) is 15.2. The molecule has 2 amide bonds. The Morgan fingerprint density at radius 2 is 1.85 bits per heavy atom. The Morgan fingerprint density at radius 1 is 1.17 bits per heavy atom. The number of ketones is 1. The molecule has 5 aliphatic rings. The number of aliphatic carboxylic acids is 2. The molecule has 20 heteroatoms. The Balaban J connectivity index is 0.00000541. The number of aromatic nitrogens is 1. The van der Waals surface area contributed by atoms with Gasteiger partial charge in [-0.25, -0.2) is 9.37 Å². The van der Waals surface area contributed by atoms with Gasteiger partial charge in [0.15, 0.2) is 39.5 Å². The molecule has 6 heterocycles. The van der Waals surface area contributed by atoms with Crippen LogP contribution in [0.15, 0.2) is 33.9 Å². The summed E-state index contributed by atoms with van der Waals surface area (Å²) in [5, 5.41) is 47.9. The molecule has 2 bridgehead atoms. The number of carbonyl (C=O) groups excluding carboxylic acids is 5. The zero-order valence-electron chi connectivity index (χ0n) is 29.4. The van der Waals surface area contributed by atoms with Gasteiger partial charge >= 0.3 is 29.6 Å². The van der Waals surface area contributed by atoms with Crippen molar-refractivity contribution in [2.24, 2.45) is 11.1 Å². The van der Waals surface area contributed by atoms with Crippen LogP contribution in [0.25, 0.3) is 0 Å². The number of thiazole rings is 1. The standard InChI is InChI=1S/C33H37FN6O10S2.Na/c1-15-19(13-40-7-4-17(5-8-40)38(6-9-40)27(44)16-10-20(34)26(43)23(42)11-16)25(30(46)47)39-28(45)18(29(39)52-15)12-22(41)24(21-14-51-32(35)36-21)37-50-33(2,3)31(48)49;/h10-11,14-15,17-18,29H,4-9,12-13H2,1-3H3,(H5-,35,36,37,41,42,43,44,46,47,48,49);/q;+1/p-1/t15-,17?,18+,29+,40?;/m0./s1. The maximum atomic E-state index is 14.1. The van der Waals surface area contributed by atoms with E-state index in [9.17, 15) is 48.8 Å². The third kappa shape index (κ3) is 7.64. The van der Waals surface area contributed by atoms with Crippen LogP contribution in [0, 0.1) is 11.7 Å². The minimum absolute atomic E-state index is 0. The van der Waals surface area contributed by atoms with Gasteiger partial charge in [-0.1, -0.05) is 5.16 Å². The molecule has 1 aromatic carbocycles. The first kappa shape index (κ1) is 40.4. The third-order valence-corrected chi connectivity index (χ3v) is 12.4. The summed E-state index contributed by atoms with van der Waals surface area (Å²) < 4.78 is 14.6. The van der Waals surface area contributed by atoms with E-state index in [1.165, 1.54) is 31.0 Å². The van der Waals surface area contributed by atoms with Gasteiger partial charge in [0.1, 0.15) is 12.2 Å². The number of carboxylic acid groups (broad SMARTS) is 2. The van der Waals surface area contributed by atoms with Crippen LogP contribution >= 0.6 is 23.1 Å². The smallest absolute Gasteiger partial charge is 0.546 e. The number of nitrogen functional groups attached to an aromatic ring is 1. The Labute approximate surface area is 333 Å². The number of β-lactam (4-membered cyclic amide) rings is 1. The van der Waals surface area contributed by atoms with Crippen molar-refractivity contribution < 1.29 is 87.7 Å². The molecular weight excluding hydrogens is 747 g/mol. The predicted octanol–water partition coefficient (Wildman–Crippen LogP) is -3.45. The van der Waals surface area contributed by atoms with Crippen LogP contribution in [0.1, 0.15) is 56.1 Å². The van der Waals surface area contributed by atoms with Crippen LogP contribution in [-0.4, -0.2) is 120 Å². The molecule has 0 radical (unpaired) electrons. The van der Waals surface area contributed by atoms with E-state index in [-0.39, 0.29) is 76.5 Å². The molecule has 16 nitrogen and oxygen atoms in total. The zero-order valence-corrected chi connectivity index (χ0v) is 33.0. The summed E-state index contributed by atoms with van der Waals surface area (Å²) in [6.07, 6.45) is 0.776. The Hall–Kier alpha value is -3.75. The van der Waals surface area contributed by atoms with Gasteiger partial charge < -0.3 is 50.0 Å². The number of carboxylic acids is 2. The van der Waals surface area contributed by atoms with Crippen LogP contribution in [0.2, 0.25) is 0 Å². The summed E-state index contributed by atoms with van der Waals surface area (Å²) in [7, 11) is 0. The van der Waals surface area contributed by atoms with Gasteiger partial charge in [0.05, 0.1) is 55.1 Å². The van der Waals surface area contributed by atoms with Gasteiger partial charge in [-0.05, 0) is 32.9 Å². The molecule has 3 atom stereocenters. The number of thioether (sulfide) groups is 1. The average molecular weight is 783 g/mol. The third-order valence-electron chi connectivity index (χ3n) is 10.2. The number of halogens is 1. The summed E-state index contributed by atoms with van der Waals surface area (Å²) in [6, 6.07) is 1.74. The predicted molar refractivity (Wildman–Crippen MR) is 180 cm³/mol.